The number of rotatable bonds is 6. The van der Waals surface area contributed by atoms with E-state index in [9.17, 15) is 4.39 Å². The minimum absolute atomic E-state index is 0.452. The van der Waals surface area contributed by atoms with Crippen LogP contribution in [0.4, 0.5) is 4.39 Å². The summed E-state index contributed by atoms with van der Waals surface area (Å²) < 4.78 is 19.8. The summed E-state index contributed by atoms with van der Waals surface area (Å²) in [6.45, 7) is 1.23. The van der Waals surface area contributed by atoms with Crippen LogP contribution in [0.25, 0.3) is 0 Å². The molecule has 0 aliphatic heterocycles. The number of halogens is 1. The Bertz CT molecular complexity index is 442. The molecule has 1 heterocycles. The fraction of sp³-hybridized carbons (Fsp3) is 0.308. The summed E-state index contributed by atoms with van der Waals surface area (Å²) in [5, 5.41) is 0. The van der Waals surface area contributed by atoms with Gasteiger partial charge in [0.2, 0.25) is 0 Å². The molecule has 0 radical (unpaired) electrons. The number of hydrogen-bond acceptors (Lipinski definition) is 2. The molecule has 1 aromatic heterocycles. The average Bonchev–Trinajstić information content (AvgIpc) is 2.83. The van der Waals surface area contributed by atoms with Crippen molar-refractivity contribution in [2.24, 2.45) is 0 Å². The second-order valence-electron chi connectivity index (χ2n) is 3.71. The summed E-state index contributed by atoms with van der Waals surface area (Å²) in [4.78, 5) is 3.90. The van der Waals surface area contributed by atoms with Crippen molar-refractivity contribution < 1.29 is 9.13 Å². The molecule has 0 fully saturated rings. The van der Waals surface area contributed by atoms with E-state index >= 15 is 0 Å². The standard InChI is InChI=1S/C13H15FN2O/c14-10-13-15-6-7-16(13)8-9-17-11-12-4-2-1-3-5-12/h1-7H,8-11H2. The van der Waals surface area contributed by atoms with Gasteiger partial charge in [0.25, 0.3) is 0 Å². The molecular weight excluding hydrogens is 219 g/mol. The number of imidazole rings is 1. The lowest BCUT2D eigenvalue weighted by Gasteiger charge is -2.07. The molecule has 17 heavy (non-hydrogen) atoms. The van der Waals surface area contributed by atoms with Gasteiger partial charge in [0.05, 0.1) is 13.2 Å². The van der Waals surface area contributed by atoms with Crippen LogP contribution in [0.2, 0.25) is 0 Å². The molecule has 0 atom stereocenters. The molecule has 0 N–H and O–H groups in total. The maximum absolute atomic E-state index is 12.5. The smallest absolute Gasteiger partial charge is 0.147 e. The highest BCUT2D eigenvalue weighted by molar-refractivity contribution is 5.13. The molecular formula is C13H15FN2O. The molecule has 4 heteroatoms. The van der Waals surface area contributed by atoms with Crippen molar-refractivity contribution in [3.05, 3.63) is 54.1 Å². The molecule has 0 saturated heterocycles. The Morgan fingerprint density at radius 2 is 2.06 bits per heavy atom. The molecule has 90 valence electrons. The fourth-order valence-corrected chi connectivity index (χ4v) is 1.60. The third kappa shape index (κ3) is 3.39. The second kappa shape index (κ2) is 6.15. The van der Waals surface area contributed by atoms with Gasteiger partial charge in [0.1, 0.15) is 12.5 Å². The maximum Gasteiger partial charge on any atom is 0.147 e. The van der Waals surface area contributed by atoms with Gasteiger partial charge in [0, 0.05) is 18.9 Å². The summed E-state index contributed by atoms with van der Waals surface area (Å²) in [5.41, 5.74) is 1.14. The quantitative estimate of drug-likeness (QED) is 0.718. The first kappa shape index (κ1) is 11.8. The number of nitrogens with zero attached hydrogens (tertiary/aromatic N) is 2. The summed E-state index contributed by atoms with van der Waals surface area (Å²) in [6, 6.07) is 9.97. The van der Waals surface area contributed by atoms with Crippen molar-refractivity contribution in [3.8, 4) is 0 Å². The van der Waals surface area contributed by atoms with Crippen LogP contribution in [0.1, 0.15) is 11.4 Å². The van der Waals surface area contributed by atoms with E-state index in [1.807, 2.05) is 30.3 Å². The molecule has 0 spiro atoms. The largest absolute Gasteiger partial charge is 0.375 e. The summed E-state index contributed by atoms with van der Waals surface area (Å²) in [7, 11) is 0. The Balaban J connectivity index is 1.73. The van der Waals surface area contributed by atoms with E-state index in [0.29, 0.717) is 25.6 Å². The van der Waals surface area contributed by atoms with E-state index in [4.69, 9.17) is 4.74 Å². The highest BCUT2D eigenvalue weighted by atomic mass is 19.1. The van der Waals surface area contributed by atoms with E-state index in [0.717, 1.165) is 5.56 Å². The van der Waals surface area contributed by atoms with Gasteiger partial charge in [0.15, 0.2) is 0 Å². The molecule has 3 nitrogen and oxygen atoms in total. The summed E-state index contributed by atoms with van der Waals surface area (Å²) >= 11 is 0. The minimum atomic E-state index is -0.536. The average molecular weight is 234 g/mol. The zero-order chi connectivity index (χ0) is 11.9. The Labute approximate surface area is 99.9 Å². The van der Waals surface area contributed by atoms with Gasteiger partial charge in [-0.15, -0.1) is 0 Å². The monoisotopic (exact) mass is 234 g/mol. The van der Waals surface area contributed by atoms with Gasteiger partial charge in [-0.3, -0.25) is 0 Å². The van der Waals surface area contributed by atoms with E-state index in [-0.39, 0.29) is 0 Å². The van der Waals surface area contributed by atoms with Crippen LogP contribution < -0.4 is 0 Å². The zero-order valence-corrected chi connectivity index (χ0v) is 9.55. The van der Waals surface area contributed by atoms with E-state index in [1.54, 1.807) is 17.0 Å². The highest BCUT2D eigenvalue weighted by Crippen LogP contribution is 2.02. The molecule has 2 rings (SSSR count). The predicted molar refractivity (Wildman–Crippen MR) is 63.1 cm³/mol. The molecule has 0 saturated carbocycles. The van der Waals surface area contributed by atoms with Crippen molar-refractivity contribution in [1.82, 2.24) is 9.55 Å². The van der Waals surface area contributed by atoms with Crippen LogP contribution in [-0.2, 0) is 24.6 Å². The molecule has 0 bridgehead atoms. The Morgan fingerprint density at radius 3 is 2.82 bits per heavy atom. The van der Waals surface area contributed by atoms with Crippen LogP contribution in [0.3, 0.4) is 0 Å². The topological polar surface area (TPSA) is 27.1 Å². The first-order valence-electron chi connectivity index (χ1n) is 5.58. The number of ether oxygens (including phenoxy) is 1. The van der Waals surface area contributed by atoms with Crippen LogP contribution in [-0.4, -0.2) is 16.2 Å². The fourth-order valence-electron chi connectivity index (χ4n) is 1.60. The number of benzene rings is 1. The van der Waals surface area contributed by atoms with Gasteiger partial charge in [-0.25, -0.2) is 9.37 Å². The van der Waals surface area contributed by atoms with Crippen molar-refractivity contribution in [3.63, 3.8) is 0 Å². The third-order valence-corrected chi connectivity index (χ3v) is 2.51. The van der Waals surface area contributed by atoms with Gasteiger partial charge in [-0.05, 0) is 5.56 Å². The maximum atomic E-state index is 12.5. The van der Waals surface area contributed by atoms with Crippen LogP contribution in [0.5, 0.6) is 0 Å². The molecule has 2 aromatic rings. The van der Waals surface area contributed by atoms with Gasteiger partial charge >= 0.3 is 0 Å². The van der Waals surface area contributed by atoms with Crippen LogP contribution >= 0.6 is 0 Å². The van der Waals surface area contributed by atoms with Gasteiger partial charge in [-0.2, -0.15) is 0 Å². The number of aromatic nitrogens is 2. The second-order valence-corrected chi connectivity index (χ2v) is 3.71. The first-order valence-corrected chi connectivity index (χ1v) is 5.58. The van der Waals surface area contributed by atoms with E-state index in [2.05, 4.69) is 4.98 Å². The van der Waals surface area contributed by atoms with E-state index < -0.39 is 6.67 Å². The summed E-state index contributed by atoms with van der Waals surface area (Å²) in [5.74, 6) is 0.452. The SMILES string of the molecule is FCc1nccn1CCOCc1ccccc1. The Kier molecular flexibility index (Phi) is 4.27. The number of hydrogen-bond donors (Lipinski definition) is 0. The molecule has 1 aromatic carbocycles. The lowest BCUT2D eigenvalue weighted by molar-refractivity contribution is 0.112. The zero-order valence-electron chi connectivity index (χ0n) is 9.55. The first-order chi connectivity index (χ1) is 8.40. The Hall–Kier alpha value is -1.68. The predicted octanol–water partition coefficient (Wildman–Crippen LogP) is 2.57. The minimum Gasteiger partial charge on any atom is -0.375 e. The molecule has 0 aliphatic rings. The lowest BCUT2D eigenvalue weighted by Crippen LogP contribution is -2.08. The number of alkyl halides is 1. The highest BCUT2D eigenvalue weighted by Gasteiger charge is 2.01. The van der Waals surface area contributed by atoms with Crippen molar-refractivity contribution in [2.45, 2.75) is 19.8 Å². The van der Waals surface area contributed by atoms with Gasteiger partial charge < -0.3 is 9.30 Å². The molecule has 0 amide bonds. The third-order valence-electron chi connectivity index (χ3n) is 2.51. The van der Waals surface area contributed by atoms with Crippen molar-refractivity contribution in [2.75, 3.05) is 6.61 Å². The lowest BCUT2D eigenvalue weighted by atomic mass is 10.2. The van der Waals surface area contributed by atoms with Crippen molar-refractivity contribution in [1.29, 1.82) is 0 Å². The molecule has 0 aliphatic carbocycles. The van der Waals surface area contributed by atoms with Gasteiger partial charge in [-0.1, -0.05) is 30.3 Å². The van der Waals surface area contributed by atoms with Crippen LogP contribution in [0.15, 0.2) is 42.7 Å². The normalized spacial score (nSPS) is 10.6. The summed E-state index contributed by atoms with van der Waals surface area (Å²) in [6.07, 6.45) is 3.37. The Morgan fingerprint density at radius 1 is 1.24 bits per heavy atom. The molecule has 0 unspecified atom stereocenters. The van der Waals surface area contributed by atoms with Crippen LogP contribution in [0, 0.1) is 0 Å². The van der Waals surface area contributed by atoms with Crippen molar-refractivity contribution >= 4 is 0 Å². The van der Waals surface area contributed by atoms with E-state index in [1.165, 1.54) is 0 Å².